The minimum Gasteiger partial charge on any atom is -0.383 e. The highest BCUT2D eigenvalue weighted by Gasteiger charge is 2.18. The van der Waals surface area contributed by atoms with Crippen LogP contribution in [-0.2, 0) is 0 Å². The van der Waals surface area contributed by atoms with E-state index in [1.54, 1.807) is 31.2 Å². The number of Topliss-reactive ketones (excluding diaryl/α,β-unsaturated/α-hetero) is 1. The average molecular weight is 309 g/mol. The Morgan fingerprint density at radius 2 is 1.90 bits per heavy atom. The largest absolute Gasteiger partial charge is 0.383 e. The Balaban J connectivity index is 2.15. The summed E-state index contributed by atoms with van der Waals surface area (Å²) < 4.78 is 0. The second-order valence-electron chi connectivity index (χ2n) is 4.13. The van der Waals surface area contributed by atoms with Gasteiger partial charge in [-0.1, -0.05) is 35.5 Å². The van der Waals surface area contributed by atoms with Crippen molar-refractivity contribution in [3.05, 3.63) is 40.9 Å². The molecular weight excluding hydrogens is 296 g/mol. The van der Waals surface area contributed by atoms with E-state index in [4.69, 9.17) is 23.1 Å². The molecule has 0 unspecified atom stereocenters. The number of rotatable bonds is 4. The normalized spacial score (nSPS) is 12.1. The highest BCUT2D eigenvalue weighted by atomic mass is 35.5. The molecule has 0 bridgehead atoms. The van der Waals surface area contributed by atoms with Gasteiger partial charge >= 0.3 is 0 Å². The van der Waals surface area contributed by atoms with Crippen molar-refractivity contribution in [3.63, 3.8) is 0 Å². The molecule has 5 nitrogen and oxygen atoms in total. The first-order valence-corrected chi connectivity index (χ1v) is 7.08. The van der Waals surface area contributed by atoms with Crippen LogP contribution in [0.1, 0.15) is 17.3 Å². The second kappa shape index (κ2) is 6.11. The fraction of sp³-hybridized carbons (Fsp3) is 0.154. The fourth-order valence-corrected chi connectivity index (χ4v) is 2.67. The Bertz CT molecular complexity index is 630. The molecule has 0 radical (unpaired) electrons. The fourth-order valence-electron chi connectivity index (χ4n) is 1.60. The molecule has 0 amide bonds. The van der Waals surface area contributed by atoms with Gasteiger partial charge in [0.2, 0.25) is 0 Å². The van der Waals surface area contributed by atoms with E-state index in [9.17, 15) is 4.79 Å². The summed E-state index contributed by atoms with van der Waals surface area (Å²) in [6.07, 6.45) is 0. The van der Waals surface area contributed by atoms with Gasteiger partial charge in [0.1, 0.15) is 11.6 Å². The van der Waals surface area contributed by atoms with E-state index >= 15 is 0 Å². The van der Waals surface area contributed by atoms with Crippen LogP contribution in [0.5, 0.6) is 0 Å². The number of hydrogen-bond donors (Lipinski definition) is 2. The molecule has 1 heterocycles. The molecule has 0 saturated heterocycles. The highest BCUT2D eigenvalue weighted by molar-refractivity contribution is 8.00. The van der Waals surface area contributed by atoms with Gasteiger partial charge in [-0.2, -0.15) is 0 Å². The first kappa shape index (κ1) is 14.6. The number of aromatic nitrogens is 2. The smallest absolute Gasteiger partial charge is 0.192 e. The van der Waals surface area contributed by atoms with E-state index in [2.05, 4.69) is 9.97 Å². The number of thioether (sulfide) groups is 1. The summed E-state index contributed by atoms with van der Waals surface area (Å²) in [5, 5.41) is 0.539. The SMILES string of the molecule is C[C@H](Sc1nc(N)cc(N)n1)C(=O)c1cccc(Cl)c1. The molecule has 2 aromatic rings. The average Bonchev–Trinajstić information content (AvgIpc) is 2.36. The molecule has 0 saturated carbocycles. The second-order valence-corrected chi connectivity index (χ2v) is 5.88. The number of anilines is 2. The molecule has 0 aliphatic heterocycles. The molecule has 1 atom stereocenters. The molecule has 1 aromatic carbocycles. The van der Waals surface area contributed by atoms with Crippen LogP contribution in [-0.4, -0.2) is 21.0 Å². The molecule has 4 N–H and O–H groups in total. The maximum absolute atomic E-state index is 12.3. The van der Waals surface area contributed by atoms with Crippen LogP contribution in [0.4, 0.5) is 11.6 Å². The molecule has 0 aliphatic rings. The van der Waals surface area contributed by atoms with Gasteiger partial charge in [0.05, 0.1) is 5.25 Å². The lowest BCUT2D eigenvalue weighted by atomic mass is 10.1. The molecule has 2 rings (SSSR count). The topological polar surface area (TPSA) is 94.9 Å². The van der Waals surface area contributed by atoms with E-state index in [1.165, 1.54) is 17.8 Å². The molecule has 0 spiro atoms. The molecule has 104 valence electrons. The number of nitrogens with two attached hydrogens (primary N) is 2. The van der Waals surface area contributed by atoms with Crippen LogP contribution in [0.2, 0.25) is 5.02 Å². The molecular formula is C13H13ClN4OS. The van der Waals surface area contributed by atoms with Gasteiger partial charge in [-0.25, -0.2) is 9.97 Å². The molecule has 7 heteroatoms. The van der Waals surface area contributed by atoms with Crippen LogP contribution in [0.3, 0.4) is 0 Å². The predicted molar refractivity (Wildman–Crippen MR) is 82.0 cm³/mol. The number of benzene rings is 1. The first-order chi connectivity index (χ1) is 9.45. The lowest BCUT2D eigenvalue weighted by molar-refractivity contribution is 0.0994. The van der Waals surface area contributed by atoms with E-state index in [1.807, 2.05) is 0 Å². The molecule has 20 heavy (non-hydrogen) atoms. The third-order valence-electron chi connectivity index (χ3n) is 2.51. The number of nitrogens with zero attached hydrogens (tertiary/aromatic N) is 2. The number of carbonyl (C=O) groups is 1. The van der Waals surface area contributed by atoms with E-state index < -0.39 is 0 Å². The monoisotopic (exact) mass is 308 g/mol. The zero-order valence-electron chi connectivity index (χ0n) is 10.7. The zero-order valence-corrected chi connectivity index (χ0v) is 12.3. The van der Waals surface area contributed by atoms with Crippen molar-refractivity contribution in [1.82, 2.24) is 9.97 Å². The van der Waals surface area contributed by atoms with Gasteiger partial charge in [-0.15, -0.1) is 0 Å². The lowest BCUT2D eigenvalue weighted by Crippen LogP contribution is -2.14. The van der Waals surface area contributed by atoms with Crippen LogP contribution >= 0.6 is 23.4 Å². The molecule has 1 aromatic heterocycles. The van der Waals surface area contributed by atoms with Crippen molar-refractivity contribution in [2.75, 3.05) is 11.5 Å². The summed E-state index contributed by atoms with van der Waals surface area (Å²) in [4.78, 5) is 20.4. The third-order valence-corrected chi connectivity index (χ3v) is 3.70. The maximum atomic E-state index is 12.3. The Morgan fingerprint density at radius 3 is 2.50 bits per heavy atom. The van der Waals surface area contributed by atoms with Gasteiger partial charge in [-0.3, -0.25) is 4.79 Å². The standard InChI is InChI=1S/C13H13ClN4OS/c1-7(12(19)8-3-2-4-9(14)5-8)20-13-17-10(15)6-11(16)18-13/h2-7H,1H3,(H4,15,16,17,18)/t7-/m0/s1. The number of halogens is 1. The van der Waals surface area contributed by atoms with Crippen LogP contribution in [0.25, 0.3) is 0 Å². The van der Waals surface area contributed by atoms with Crippen LogP contribution in [0.15, 0.2) is 35.5 Å². The van der Waals surface area contributed by atoms with E-state index in [0.29, 0.717) is 15.7 Å². The van der Waals surface area contributed by atoms with Crippen molar-refractivity contribution in [3.8, 4) is 0 Å². The van der Waals surface area contributed by atoms with Crippen LogP contribution in [0, 0.1) is 0 Å². The quantitative estimate of drug-likeness (QED) is 0.512. The van der Waals surface area contributed by atoms with E-state index in [0.717, 1.165) is 0 Å². The predicted octanol–water partition coefficient (Wildman–Crippen LogP) is 2.66. The summed E-state index contributed by atoms with van der Waals surface area (Å²) in [6.45, 7) is 1.77. The molecule has 0 aliphatic carbocycles. The number of carbonyl (C=O) groups excluding carboxylic acids is 1. The van der Waals surface area contributed by atoms with Crippen molar-refractivity contribution >= 4 is 40.8 Å². The summed E-state index contributed by atoms with van der Waals surface area (Å²) in [7, 11) is 0. The third kappa shape index (κ3) is 3.61. The Morgan fingerprint density at radius 1 is 1.25 bits per heavy atom. The summed E-state index contributed by atoms with van der Waals surface area (Å²) in [5.74, 6) is 0.506. The maximum Gasteiger partial charge on any atom is 0.192 e. The Hall–Kier alpha value is -1.79. The lowest BCUT2D eigenvalue weighted by Gasteiger charge is -2.10. The van der Waals surface area contributed by atoms with Gasteiger partial charge in [0, 0.05) is 16.7 Å². The summed E-state index contributed by atoms with van der Waals surface area (Å²) in [6, 6.07) is 8.28. The minimum absolute atomic E-state index is 0.0536. The van der Waals surface area contributed by atoms with Gasteiger partial charge in [0.25, 0.3) is 0 Å². The van der Waals surface area contributed by atoms with Crippen molar-refractivity contribution in [2.45, 2.75) is 17.3 Å². The van der Waals surface area contributed by atoms with Crippen LogP contribution < -0.4 is 11.5 Å². The first-order valence-electron chi connectivity index (χ1n) is 5.82. The number of hydrogen-bond acceptors (Lipinski definition) is 6. The van der Waals surface area contributed by atoms with Gasteiger partial charge < -0.3 is 11.5 Å². The van der Waals surface area contributed by atoms with Crippen molar-refractivity contribution in [1.29, 1.82) is 0 Å². The summed E-state index contributed by atoms with van der Waals surface area (Å²) in [5.41, 5.74) is 11.7. The van der Waals surface area contributed by atoms with Gasteiger partial charge in [-0.05, 0) is 19.1 Å². The Labute approximate surface area is 125 Å². The number of nitrogen functional groups attached to an aromatic ring is 2. The Kier molecular flexibility index (Phi) is 4.46. The summed E-state index contributed by atoms with van der Waals surface area (Å²) >= 11 is 7.08. The highest BCUT2D eigenvalue weighted by Crippen LogP contribution is 2.24. The van der Waals surface area contributed by atoms with E-state index in [-0.39, 0.29) is 22.7 Å². The molecule has 0 fully saturated rings. The van der Waals surface area contributed by atoms with Crippen molar-refractivity contribution < 1.29 is 4.79 Å². The number of ketones is 1. The zero-order chi connectivity index (χ0) is 14.7. The minimum atomic E-state index is -0.366. The van der Waals surface area contributed by atoms with Gasteiger partial charge in [0.15, 0.2) is 10.9 Å². The van der Waals surface area contributed by atoms with Crippen molar-refractivity contribution in [2.24, 2.45) is 0 Å².